The van der Waals surface area contributed by atoms with Crippen LogP contribution in [0.25, 0.3) is 0 Å². The molecule has 1 atom stereocenters. The van der Waals surface area contributed by atoms with Gasteiger partial charge in [-0.15, -0.1) is 11.3 Å². The molecule has 0 bridgehead atoms. The Morgan fingerprint density at radius 2 is 2.19 bits per heavy atom. The summed E-state index contributed by atoms with van der Waals surface area (Å²) in [5, 5.41) is 3.01. The minimum absolute atomic E-state index is 0.0230. The molecule has 0 saturated heterocycles. The average Bonchev–Trinajstić information content (AvgIpc) is 2.95. The topological polar surface area (TPSA) is 55.1 Å². The number of rotatable bonds is 3. The van der Waals surface area contributed by atoms with Gasteiger partial charge in [-0.1, -0.05) is 36.1 Å². The van der Waals surface area contributed by atoms with Gasteiger partial charge >= 0.3 is 0 Å². The average molecular weight is 296 g/mol. The van der Waals surface area contributed by atoms with Crippen LogP contribution in [0.1, 0.15) is 31.6 Å². The van der Waals surface area contributed by atoms with E-state index in [1.807, 2.05) is 12.1 Å². The third-order valence-corrected chi connectivity index (χ3v) is 4.61. The van der Waals surface area contributed by atoms with E-state index < -0.39 is 0 Å². The first-order chi connectivity index (χ1) is 10.3. The summed E-state index contributed by atoms with van der Waals surface area (Å²) in [7, 11) is 0. The van der Waals surface area contributed by atoms with Crippen molar-refractivity contribution in [1.29, 1.82) is 0 Å². The minimum Gasteiger partial charge on any atom is -0.351 e. The number of thiophene rings is 1. The number of amides is 1. The number of hydrogen-bond donors (Lipinski definition) is 2. The van der Waals surface area contributed by atoms with Crippen molar-refractivity contribution in [1.82, 2.24) is 5.32 Å². The fraction of sp³-hybridized carbons (Fsp3) is 0.235. The maximum atomic E-state index is 12.1. The Bertz CT molecular complexity index is 724. The second-order valence-electron chi connectivity index (χ2n) is 4.98. The summed E-state index contributed by atoms with van der Waals surface area (Å²) in [6.07, 6.45) is 1.05. The minimum atomic E-state index is -0.0230. The zero-order valence-electron chi connectivity index (χ0n) is 11.6. The molecule has 0 fully saturated rings. The normalized spacial score (nSPS) is 15.4. The first-order valence-electron chi connectivity index (χ1n) is 6.92. The highest BCUT2D eigenvalue weighted by molar-refractivity contribution is 7.14. The van der Waals surface area contributed by atoms with E-state index in [0.717, 1.165) is 11.3 Å². The van der Waals surface area contributed by atoms with Gasteiger partial charge in [0.05, 0.1) is 16.3 Å². The van der Waals surface area contributed by atoms with E-state index in [9.17, 15) is 4.79 Å². The lowest BCUT2D eigenvalue weighted by Gasteiger charge is -2.30. The Morgan fingerprint density at radius 1 is 1.33 bits per heavy atom. The van der Waals surface area contributed by atoms with Crippen LogP contribution in [-0.2, 0) is 6.42 Å². The summed E-state index contributed by atoms with van der Waals surface area (Å²) in [5.41, 5.74) is 8.09. The Balaban J connectivity index is 1.57. The number of nitrogens with two attached hydrogens (primary N) is 1. The van der Waals surface area contributed by atoms with Crippen molar-refractivity contribution in [3.63, 3.8) is 0 Å². The van der Waals surface area contributed by atoms with Crippen LogP contribution in [0.15, 0.2) is 36.4 Å². The summed E-state index contributed by atoms with van der Waals surface area (Å²) in [6, 6.07) is 12.1. The number of carbonyl (C=O) groups is 1. The predicted octanol–water partition coefficient (Wildman–Crippen LogP) is 2.13. The van der Waals surface area contributed by atoms with Crippen molar-refractivity contribution < 1.29 is 4.79 Å². The van der Waals surface area contributed by atoms with Gasteiger partial charge < -0.3 is 11.1 Å². The molecule has 1 aromatic heterocycles. The first kappa shape index (κ1) is 13.9. The Hall–Kier alpha value is -2.09. The van der Waals surface area contributed by atoms with Gasteiger partial charge in [0.15, 0.2) is 0 Å². The fourth-order valence-electron chi connectivity index (χ4n) is 2.51. The van der Waals surface area contributed by atoms with Crippen LogP contribution >= 0.6 is 11.3 Å². The van der Waals surface area contributed by atoms with Crippen LogP contribution in [0.2, 0.25) is 0 Å². The maximum absolute atomic E-state index is 12.1. The summed E-state index contributed by atoms with van der Waals surface area (Å²) >= 11 is 1.40. The molecule has 1 amide bonds. The number of benzene rings is 1. The smallest absolute Gasteiger partial charge is 0.261 e. The Morgan fingerprint density at radius 3 is 3.00 bits per heavy atom. The summed E-state index contributed by atoms with van der Waals surface area (Å²) in [4.78, 5) is 13.7. The van der Waals surface area contributed by atoms with E-state index >= 15 is 0 Å². The van der Waals surface area contributed by atoms with Gasteiger partial charge in [0.2, 0.25) is 0 Å². The molecule has 106 valence electrons. The lowest BCUT2D eigenvalue weighted by molar-refractivity contribution is 0.0954. The molecule has 0 aliphatic heterocycles. The quantitative estimate of drug-likeness (QED) is 0.853. The summed E-state index contributed by atoms with van der Waals surface area (Å²) in [6.45, 7) is 1.03. The van der Waals surface area contributed by atoms with Gasteiger partial charge in [0, 0.05) is 12.5 Å². The second kappa shape index (κ2) is 6.13. The van der Waals surface area contributed by atoms with E-state index in [4.69, 9.17) is 5.73 Å². The molecular formula is C17H16N2OS. The molecule has 2 aromatic rings. The van der Waals surface area contributed by atoms with Crippen molar-refractivity contribution in [2.45, 2.75) is 12.3 Å². The molecular weight excluding hydrogens is 280 g/mol. The molecule has 1 aliphatic carbocycles. The monoisotopic (exact) mass is 296 g/mol. The van der Waals surface area contributed by atoms with Gasteiger partial charge in [-0.25, -0.2) is 0 Å². The van der Waals surface area contributed by atoms with Crippen molar-refractivity contribution in [2.75, 3.05) is 13.1 Å². The molecule has 4 heteroatoms. The van der Waals surface area contributed by atoms with Crippen LogP contribution in [0.4, 0.5) is 0 Å². The maximum Gasteiger partial charge on any atom is 0.261 e. The third kappa shape index (κ3) is 2.99. The number of carbonyl (C=O) groups excluding carboxylic acids is 1. The second-order valence-corrected chi connectivity index (χ2v) is 6.06. The summed E-state index contributed by atoms with van der Waals surface area (Å²) < 4.78 is 0. The van der Waals surface area contributed by atoms with E-state index in [0.29, 0.717) is 23.9 Å². The molecule has 1 aliphatic rings. The van der Waals surface area contributed by atoms with Gasteiger partial charge in [0.25, 0.3) is 5.91 Å². The van der Waals surface area contributed by atoms with Crippen LogP contribution in [0.3, 0.4) is 0 Å². The Kier molecular flexibility index (Phi) is 4.05. The highest BCUT2D eigenvalue weighted by atomic mass is 32.1. The zero-order valence-corrected chi connectivity index (χ0v) is 12.4. The van der Waals surface area contributed by atoms with Crippen molar-refractivity contribution in [3.05, 3.63) is 57.3 Å². The van der Waals surface area contributed by atoms with Crippen molar-refractivity contribution in [2.24, 2.45) is 5.73 Å². The molecule has 3 nitrogen and oxygen atoms in total. The number of nitrogens with one attached hydrogen (secondary N) is 1. The lowest BCUT2D eigenvalue weighted by Crippen LogP contribution is -2.32. The highest BCUT2D eigenvalue weighted by Crippen LogP contribution is 2.34. The molecule has 0 spiro atoms. The molecule has 3 rings (SSSR count). The molecule has 1 unspecified atom stereocenters. The van der Waals surface area contributed by atoms with E-state index in [1.165, 1.54) is 22.5 Å². The van der Waals surface area contributed by atoms with Gasteiger partial charge in [-0.05, 0) is 29.7 Å². The fourth-order valence-corrected chi connectivity index (χ4v) is 3.31. The Labute approximate surface area is 128 Å². The van der Waals surface area contributed by atoms with E-state index in [1.54, 1.807) is 0 Å². The zero-order chi connectivity index (χ0) is 14.7. The molecule has 0 saturated carbocycles. The van der Waals surface area contributed by atoms with Crippen LogP contribution in [-0.4, -0.2) is 19.0 Å². The van der Waals surface area contributed by atoms with Crippen LogP contribution < -0.4 is 11.1 Å². The largest absolute Gasteiger partial charge is 0.351 e. The SMILES string of the molecule is NCC#Cc1ccc(C(=O)NCC2Cc3ccccc32)s1. The standard InChI is InChI=1S/C17H16N2OS/c18-9-3-5-14-7-8-16(21-14)17(20)19-11-13-10-12-4-1-2-6-15(12)13/h1-2,4,6-8,13H,9-11,18H2,(H,19,20). The molecule has 1 aromatic carbocycles. The van der Waals surface area contributed by atoms with Gasteiger partial charge in [-0.2, -0.15) is 0 Å². The molecule has 0 radical (unpaired) electrons. The van der Waals surface area contributed by atoms with E-state index in [2.05, 4.69) is 41.4 Å². The van der Waals surface area contributed by atoms with Crippen LogP contribution in [0, 0.1) is 11.8 Å². The number of hydrogen-bond acceptors (Lipinski definition) is 3. The summed E-state index contributed by atoms with van der Waals surface area (Å²) in [5.74, 6) is 6.16. The van der Waals surface area contributed by atoms with Crippen LogP contribution in [0.5, 0.6) is 0 Å². The van der Waals surface area contributed by atoms with Crippen molar-refractivity contribution in [3.8, 4) is 11.8 Å². The van der Waals surface area contributed by atoms with Gasteiger partial charge in [-0.3, -0.25) is 4.79 Å². The lowest BCUT2D eigenvalue weighted by atomic mass is 9.77. The first-order valence-corrected chi connectivity index (χ1v) is 7.74. The highest BCUT2D eigenvalue weighted by Gasteiger charge is 2.25. The molecule has 1 heterocycles. The molecule has 3 N–H and O–H groups in total. The number of fused-ring (bicyclic) bond motifs is 1. The van der Waals surface area contributed by atoms with E-state index in [-0.39, 0.29) is 5.91 Å². The predicted molar refractivity (Wildman–Crippen MR) is 85.5 cm³/mol. The van der Waals surface area contributed by atoms with Gasteiger partial charge in [0.1, 0.15) is 0 Å². The van der Waals surface area contributed by atoms with Crippen molar-refractivity contribution >= 4 is 17.2 Å². The molecule has 21 heavy (non-hydrogen) atoms. The third-order valence-electron chi connectivity index (χ3n) is 3.61.